The zero-order chi connectivity index (χ0) is 15.8. The number of aromatic nitrogens is 1. The molecule has 1 aliphatic rings. The first-order valence-corrected chi connectivity index (χ1v) is 6.96. The standard InChI is InChI=1S/C10H12N4O6S/c1-20-13-3-2-6-4-8(9(15)5-7(6)13)14(12-10(11)16)21(17,18)19/h2-5,8H,1H3,(H3,11,12,16)(H,17,18,19). The molecule has 11 heteroatoms. The van der Waals surface area contributed by atoms with Gasteiger partial charge in [-0.25, -0.2) is 4.79 Å². The summed E-state index contributed by atoms with van der Waals surface area (Å²) in [5, 5.41) is 0.898. The van der Waals surface area contributed by atoms with Crippen molar-refractivity contribution in [3.8, 4) is 0 Å². The molecule has 2 amide bonds. The number of carbonyl (C=O) groups is 2. The number of amides is 2. The number of nitrogens with two attached hydrogens (primary N) is 1. The van der Waals surface area contributed by atoms with Crippen LogP contribution in [0, 0.1) is 0 Å². The van der Waals surface area contributed by atoms with Crippen molar-refractivity contribution in [3.05, 3.63) is 22.8 Å². The van der Waals surface area contributed by atoms with E-state index in [0.717, 1.165) is 6.08 Å². The van der Waals surface area contributed by atoms with Gasteiger partial charge < -0.3 is 10.6 Å². The molecular weight excluding hydrogens is 304 g/mol. The summed E-state index contributed by atoms with van der Waals surface area (Å²) in [5.74, 6) is -0.689. The van der Waals surface area contributed by atoms with Crippen LogP contribution in [0.3, 0.4) is 0 Å². The van der Waals surface area contributed by atoms with Crippen LogP contribution in [-0.2, 0) is 15.1 Å². The molecule has 10 nitrogen and oxygen atoms in total. The molecule has 0 bridgehead atoms. The number of hydrazine groups is 1. The number of urea groups is 1. The highest BCUT2D eigenvalue weighted by molar-refractivity contribution is 7.83. The highest BCUT2D eigenvalue weighted by Gasteiger charge is 2.34. The fourth-order valence-corrected chi connectivity index (χ4v) is 2.58. The van der Waals surface area contributed by atoms with Crippen molar-refractivity contribution >= 4 is 34.3 Å². The van der Waals surface area contributed by atoms with Gasteiger partial charge in [0, 0.05) is 17.5 Å². The van der Waals surface area contributed by atoms with Gasteiger partial charge in [-0.05, 0) is 12.1 Å². The minimum absolute atomic E-state index is 0.0846. The third-order valence-corrected chi connectivity index (χ3v) is 3.56. The van der Waals surface area contributed by atoms with Gasteiger partial charge in [0.1, 0.15) is 13.2 Å². The molecule has 114 valence electrons. The fraction of sp³-hybridized carbons (Fsp3) is 0.200. The average Bonchev–Trinajstić information content (AvgIpc) is 2.75. The van der Waals surface area contributed by atoms with Gasteiger partial charge in [0.25, 0.3) is 0 Å². The summed E-state index contributed by atoms with van der Waals surface area (Å²) in [7, 11) is -3.49. The molecule has 2 rings (SSSR count). The average molecular weight is 316 g/mol. The van der Waals surface area contributed by atoms with Crippen LogP contribution in [0.2, 0.25) is 0 Å². The smallest absolute Gasteiger partial charge is 0.354 e. The van der Waals surface area contributed by atoms with Crippen molar-refractivity contribution in [2.24, 2.45) is 5.73 Å². The summed E-state index contributed by atoms with van der Waals surface area (Å²) in [5.41, 5.74) is 6.53. The van der Waals surface area contributed by atoms with E-state index in [0.29, 0.717) is 10.6 Å². The maximum atomic E-state index is 12.0. The molecule has 0 spiro atoms. The van der Waals surface area contributed by atoms with Gasteiger partial charge in [0.05, 0.1) is 5.35 Å². The summed E-state index contributed by atoms with van der Waals surface area (Å²) in [6.07, 6.45) is 3.90. The van der Waals surface area contributed by atoms with Crippen molar-refractivity contribution < 1.29 is 27.4 Å². The van der Waals surface area contributed by atoms with Crippen molar-refractivity contribution in [2.75, 3.05) is 7.11 Å². The molecule has 1 heterocycles. The molecule has 4 N–H and O–H groups in total. The Kier molecular flexibility index (Phi) is 3.72. The Morgan fingerprint density at radius 3 is 2.76 bits per heavy atom. The van der Waals surface area contributed by atoms with Crippen LogP contribution in [0.15, 0.2) is 12.3 Å². The number of rotatable bonds is 4. The third-order valence-electron chi connectivity index (χ3n) is 2.75. The minimum Gasteiger partial charge on any atom is -0.417 e. The lowest BCUT2D eigenvalue weighted by Crippen LogP contribution is -2.57. The van der Waals surface area contributed by atoms with Gasteiger partial charge in [-0.2, -0.15) is 13.1 Å². The number of nitrogens with one attached hydrogen (secondary N) is 1. The quantitative estimate of drug-likeness (QED) is 0.393. The Labute approximate surface area is 118 Å². The first-order chi connectivity index (χ1) is 9.74. The Bertz CT molecular complexity index is 811. The van der Waals surface area contributed by atoms with E-state index >= 15 is 0 Å². The molecule has 0 radical (unpaired) electrons. The molecule has 0 fully saturated rings. The molecular formula is C10H12N4O6S. The van der Waals surface area contributed by atoms with Crippen LogP contribution >= 0.6 is 0 Å². The highest BCUT2D eigenvalue weighted by atomic mass is 32.2. The van der Waals surface area contributed by atoms with Crippen molar-refractivity contribution in [1.82, 2.24) is 14.6 Å². The summed E-state index contributed by atoms with van der Waals surface area (Å²) >= 11 is 0. The van der Waals surface area contributed by atoms with Gasteiger partial charge in [-0.1, -0.05) is 4.41 Å². The molecule has 0 saturated carbocycles. The van der Waals surface area contributed by atoms with Crippen LogP contribution < -0.4 is 26.6 Å². The summed E-state index contributed by atoms with van der Waals surface area (Å²) < 4.78 is 33.1. The van der Waals surface area contributed by atoms with Crippen LogP contribution in [0.1, 0.15) is 0 Å². The Hall–Kier alpha value is -2.37. The molecule has 1 atom stereocenters. The van der Waals surface area contributed by atoms with Crippen LogP contribution in [0.25, 0.3) is 12.2 Å². The van der Waals surface area contributed by atoms with Gasteiger partial charge in [-0.3, -0.25) is 14.8 Å². The highest BCUT2D eigenvalue weighted by Crippen LogP contribution is 2.08. The first-order valence-electron chi connectivity index (χ1n) is 5.56. The molecule has 21 heavy (non-hydrogen) atoms. The van der Waals surface area contributed by atoms with Gasteiger partial charge >= 0.3 is 16.3 Å². The summed E-state index contributed by atoms with van der Waals surface area (Å²) in [6, 6.07) is -1.12. The molecule has 1 aromatic heterocycles. The molecule has 0 saturated heterocycles. The summed E-state index contributed by atoms with van der Waals surface area (Å²) in [4.78, 5) is 27.8. The molecule has 1 unspecified atom stereocenters. The van der Waals surface area contributed by atoms with E-state index in [1.165, 1.54) is 24.1 Å². The zero-order valence-electron chi connectivity index (χ0n) is 10.8. The molecule has 0 aliphatic heterocycles. The van der Waals surface area contributed by atoms with E-state index in [2.05, 4.69) is 0 Å². The number of hydrogen-bond donors (Lipinski definition) is 3. The van der Waals surface area contributed by atoms with E-state index in [4.69, 9.17) is 15.1 Å². The van der Waals surface area contributed by atoms with E-state index < -0.39 is 28.2 Å². The number of primary amides is 1. The topological polar surface area (TPSA) is 144 Å². The lowest BCUT2D eigenvalue weighted by molar-refractivity contribution is -0.115. The van der Waals surface area contributed by atoms with E-state index in [1.807, 2.05) is 0 Å². The van der Waals surface area contributed by atoms with Crippen LogP contribution in [0.5, 0.6) is 0 Å². The second-order valence-electron chi connectivity index (χ2n) is 4.07. The summed E-state index contributed by atoms with van der Waals surface area (Å²) in [6.45, 7) is 0. The monoisotopic (exact) mass is 316 g/mol. The molecule has 1 aliphatic carbocycles. The molecule has 0 aromatic carbocycles. The van der Waals surface area contributed by atoms with Gasteiger partial charge in [0.2, 0.25) is 0 Å². The minimum atomic E-state index is -4.88. The third kappa shape index (κ3) is 2.89. The Morgan fingerprint density at radius 1 is 1.57 bits per heavy atom. The largest absolute Gasteiger partial charge is 0.417 e. The molecule has 1 aromatic rings. The van der Waals surface area contributed by atoms with Crippen LogP contribution in [-0.4, -0.2) is 47.1 Å². The van der Waals surface area contributed by atoms with E-state index in [9.17, 15) is 18.0 Å². The second-order valence-corrected chi connectivity index (χ2v) is 5.36. The predicted octanol–water partition coefficient (Wildman–Crippen LogP) is -3.25. The maximum Gasteiger partial charge on any atom is 0.354 e. The number of fused-ring (bicyclic) bond motifs is 1. The zero-order valence-corrected chi connectivity index (χ0v) is 11.6. The Morgan fingerprint density at radius 2 is 2.24 bits per heavy atom. The van der Waals surface area contributed by atoms with E-state index in [1.54, 1.807) is 11.5 Å². The van der Waals surface area contributed by atoms with Crippen molar-refractivity contribution in [1.29, 1.82) is 0 Å². The maximum absolute atomic E-state index is 12.0. The predicted molar refractivity (Wildman–Crippen MR) is 70.0 cm³/mol. The van der Waals surface area contributed by atoms with Gasteiger partial charge in [0.15, 0.2) is 5.78 Å². The SMILES string of the molecule is COn1ccc2c1=CC(=O)C(N(NC(N)=O)S(=O)(=O)O)C=2. The van der Waals surface area contributed by atoms with Crippen molar-refractivity contribution in [3.63, 3.8) is 0 Å². The van der Waals surface area contributed by atoms with Crippen molar-refractivity contribution in [2.45, 2.75) is 6.04 Å². The lowest BCUT2D eigenvalue weighted by Gasteiger charge is -2.24. The lowest BCUT2D eigenvalue weighted by atomic mass is 10.1. The number of hydrogen-bond acceptors (Lipinski definition) is 5. The number of ketones is 1. The van der Waals surface area contributed by atoms with Gasteiger partial charge in [-0.15, -0.1) is 0 Å². The fourth-order valence-electron chi connectivity index (χ4n) is 1.92. The normalized spacial score (nSPS) is 17.7. The second kappa shape index (κ2) is 5.20. The number of Topliss-reactive ketones (excluding diaryl/α,β-unsaturated/α-hetero) is 1. The van der Waals surface area contributed by atoms with E-state index in [-0.39, 0.29) is 4.41 Å². The Balaban J connectivity index is 2.53. The number of nitrogens with zero attached hydrogens (tertiary/aromatic N) is 2. The van der Waals surface area contributed by atoms with Crippen LogP contribution in [0.4, 0.5) is 4.79 Å². The first kappa shape index (κ1) is 15.0. The number of carbonyl (C=O) groups excluding carboxylic acids is 2.